The number of rotatable bonds is 4. The Balaban J connectivity index is 1.58. The van der Waals surface area contributed by atoms with Gasteiger partial charge in [0.2, 0.25) is 0 Å². The molecular weight excluding hydrogens is 432 g/mol. The van der Waals surface area contributed by atoms with Crippen molar-refractivity contribution in [3.63, 3.8) is 0 Å². The molecule has 7 heteroatoms. The SMILES string of the molecule is Cc1nn(C)c2nc(-c3ccco3)cc(C(=O)NC3(c4ccc(Br)cc4)CC3)c12. The second kappa shape index (κ2) is 6.56. The lowest BCUT2D eigenvalue weighted by molar-refractivity contribution is 0.0932. The van der Waals surface area contributed by atoms with E-state index in [1.807, 2.05) is 38.2 Å². The number of hydrogen-bond donors (Lipinski definition) is 1. The Kier molecular flexibility index (Phi) is 4.10. The highest BCUT2D eigenvalue weighted by Gasteiger charge is 2.46. The number of pyridine rings is 1. The van der Waals surface area contributed by atoms with Gasteiger partial charge in [0.1, 0.15) is 5.69 Å². The summed E-state index contributed by atoms with van der Waals surface area (Å²) in [4.78, 5) is 18.1. The Morgan fingerprint density at radius 1 is 1.24 bits per heavy atom. The molecule has 1 aliphatic rings. The molecule has 1 fully saturated rings. The van der Waals surface area contributed by atoms with Gasteiger partial charge in [-0.15, -0.1) is 0 Å². The van der Waals surface area contributed by atoms with Crippen molar-refractivity contribution in [3.05, 3.63) is 70.0 Å². The summed E-state index contributed by atoms with van der Waals surface area (Å²) in [5.74, 6) is 0.496. The van der Waals surface area contributed by atoms with Crippen molar-refractivity contribution < 1.29 is 9.21 Å². The number of furan rings is 1. The molecule has 0 bridgehead atoms. The number of amides is 1. The smallest absolute Gasteiger partial charge is 0.252 e. The molecule has 0 radical (unpaired) electrons. The molecule has 0 atom stereocenters. The first-order valence-electron chi connectivity index (χ1n) is 9.44. The first kappa shape index (κ1) is 18.1. The van der Waals surface area contributed by atoms with Gasteiger partial charge in [-0.05, 0) is 55.7 Å². The average molecular weight is 451 g/mol. The largest absolute Gasteiger partial charge is 0.463 e. The van der Waals surface area contributed by atoms with E-state index in [2.05, 4.69) is 43.5 Å². The number of aryl methyl sites for hydroxylation is 2. The second-order valence-electron chi connectivity index (χ2n) is 7.48. The minimum atomic E-state index is -0.311. The maximum atomic E-state index is 13.4. The van der Waals surface area contributed by atoms with Crippen LogP contribution in [0.1, 0.15) is 34.5 Å². The molecule has 1 aromatic carbocycles. The number of carbonyl (C=O) groups is 1. The molecule has 1 amide bonds. The summed E-state index contributed by atoms with van der Waals surface area (Å²) in [6.07, 6.45) is 3.44. The van der Waals surface area contributed by atoms with Crippen LogP contribution in [0.3, 0.4) is 0 Å². The molecule has 1 aliphatic carbocycles. The van der Waals surface area contributed by atoms with Crippen molar-refractivity contribution in [3.8, 4) is 11.5 Å². The lowest BCUT2D eigenvalue weighted by Gasteiger charge is -2.19. The molecule has 4 aromatic rings. The molecule has 0 spiro atoms. The predicted octanol–water partition coefficient (Wildman–Crippen LogP) is 4.72. The van der Waals surface area contributed by atoms with E-state index in [-0.39, 0.29) is 11.4 Å². The average Bonchev–Trinajstić information content (AvgIpc) is 3.16. The van der Waals surface area contributed by atoms with Gasteiger partial charge in [-0.2, -0.15) is 5.10 Å². The Morgan fingerprint density at radius 2 is 2.00 bits per heavy atom. The third-order valence-electron chi connectivity index (χ3n) is 5.49. The monoisotopic (exact) mass is 450 g/mol. The molecule has 5 rings (SSSR count). The van der Waals surface area contributed by atoms with Gasteiger partial charge in [0, 0.05) is 11.5 Å². The van der Waals surface area contributed by atoms with E-state index in [4.69, 9.17) is 4.42 Å². The molecule has 0 saturated heterocycles. The molecule has 1 saturated carbocycles. The molecule has 0 unspecified atom stereocenters. The number of benzene rings is 1. The van der Waals surface area contributed by atoms with Gasteiger partial charge >= 0.3 is 0 Å². The van der Waals surface area contributed by atoms with Gasteiger partial charge in [-0.1, -0.05) is 28.1 Å². The van der Waals surface area contributed by atoms with Crippen LogP contribution >= 0.6 is 15.9 Å². The number of hydrogen-bond acceptors (Lipinski definition) is 4. The lowest BCUT2D eigenvalue weighted by atomic mass is 10.0. The second-order valence-corrected chi connectivity index (χ2v) is 8.40. The number of carbonyl (C=O) groups excluding carboxylic acids is 1. The Morgan fingerprint density at radius 3 is 2.66 bits per heavy atom. The molecule has 0 aliphatic heterocycles. The number of nitrogens with zero attached hydrogens (tertiary/aromatic N) is 3. The van der Waals surface area contributed by atoms with Crippen LogP contribution in [-0.2, 0) is 12.6 Å². The summed E-state index contributed by atoms with van der Waals surface area (Å²) in [7, 11) is 1.83. The highest BCUT2D eigenvalue weighted by atomic mass is 79.9. The van der Waals surface area contributed by atoms with Crippen molar-refractivity contribution in [2.75, 3.05) is 0 Å². The van der Waals surface area contributed by atoms with Gasteiger partial charge in [0.25, 0.3) is 5.91 Å². The van der Waals surface area contributed by atoms with E-state index in [0.717, 1.165) is 34.0 Å². The fourth-order valence-electron chi connectivity index (χ4n) is 3.84. The standard InChI is InChI=1S/C22H19BrN4O2/c1-13-19-16(12-17(18-4-3-11-29-18)24-20(19)27(2)26-13)21(28)25-22(9-10-22)14-5-7-15(23)8-6-14/h3-8,11-12H,9-10H2,1-2H3,(H,25,28). The molecule has 1 N–H and O–H groups in total. The zero-order valence-corrected chi connectivity index (χ0v) is 17.7. The number of fused-ring (bicyclic) bond motifs is 1. The Hall–Kier alpha value is -2.93. The quantitative estimate of drug-likeness (QED) is 0.488. The molecule has 6 nitrogen and oxygen atoms in total. The minimum Gasteiger partial charge on any atom is -0.463 e. The number of nitrogens with one attached hydrogen (secondary N) is 1. The maximum Gasteiger partial charge on any atom is 0.252 e. The predicted molar refractivity (Wildman–Crippen MR) is 113 cm³/mol. The van der Waals surface area contributed by atoms with Gasteiger partial charge in [0.05, 0.1) is 28.4 Å². The molecule has 3 heterocycles. The van der Waals surface area contributed by atoms with Crippen molar-refractivity contribution in [1.29, 1.82) is 0 Å². The van der Waals surface area contributed by atoms with Gasteiger partial charge < -0.3 is 9.73 Å². The van der Waals surface area contributed by atoms with Crippen LogP contribution in [0.15, 0.2) is 57.6 Å². The summed E-state index contributed by atoms with van der Waals surface area (Å²) in [5.41, 5.74) is 3.43. The number of halogens is 1. The summed E-state index contributed by atoms with van der Waals surface area (Å²) in [5, 5.41) is 8.52. The molecule has 3 aromatic heterocycles. The summed E-state index contributed by atoms with van der Waals surface area (Å²) >= 11 is 3.47. The maximum absolute atomic E-state index is 13.4. The third kappa shape index (κ3) is 3.06. The van der Waals surface area contributed by atoms with Crippen molar-refractivity contribution >= 4 is 32.9 Å². The topological polar surface area (TPSA) is 73.0 Å². The van der Waals surface area contributed by atoms with E-state index < -0.39 is 0 Å². The van der Waals surface area contributed by atoms with Gasteiger partial charge in [-0.25, -0.2) is 4.98 Å². The van der Waals surface area contributed by atoms with E-state index in [9.17, 15) is 4.79 Å². The summed E-state index contributed by atoms with van der Waals surface area (Å²) < 4.78 is 8.24. The van der Waals surface area contributed by atoms with Gasteiger partial charge in [-0.3, -0.25) is 9.48 Å². The first-order chi connectivity index (χ1) is 14.0. The van der Waals surface area contributed by atoms with Crippen LogP contribution in [0, 0.1) is 6.92 Å². The van der Waals surface area contributed by atoms with Crippen LogP contribution in [-0.4, -0.2) is 20.7 Å². The summed E-state index contributed by atoms with van der Waals surface area (Å²) in [6, 6.07) is 13.6. The fourth-order valence-corrected chi connectivity index (χ4v) is 4.10. The zero-order chi connectivity index (χ0) is 20.2. The first-order valence-corrected chi connectivity index (χ1v) is 10.2. The van der Waals surface area contributed by atoms with Crippen molar-refractivity contribution in [2.45, 2.75) is 25.3 Å². The van der Waals surface area contributed by atoms with Gasteiger partial charge in [0.15, 0.2) is 11.4 Å². The Bertz CT molecular complexity index is 1220. The molecule has 29 heavy (non-hydrogen) atoms. The highest BCUT2D eigenvalue weighted by molar-refractivity contribution is 9.10. The lowest BCUT2D eigenvalue weighted by Crippen LogP contribution is -2.35. The number of aromatic nitrogens is 3. The molecule has 146 valence electrons. The van der Waals surface area contributed by atoms with E-state index in [1.54, 1.807) is 17.0 Å². The minimum absolute atomic E-state index is 0.123. The normalized spacial score (nSPS) is 14.9. The van der Waals surface area contributed by atoms with Crippen LogP contribution < -0.4 is 5.32 Å². The zero-order valence-electron chi connectivity index (χ0n) is 16.1. The highest BCUT2D eigenvalue weighted by Crippen LogP contribution is 2.46. The van der Waals surface area contributed by atoms with Crippen LogP contribution in [0.2, 0.25) is 0 Å². The Labute approximate surface area is 176 Å². The van der Waals surface area contributed by atoms with Crippen molar-refractivity contribution in [2.24, 2.45) is 7.05 Å². The fraction of sp³-hybridized carbons (Fsp3) is 0.227. The third-order valence-corrected chi connectivity index (χ3v) is 6.02. The van der Waals surface area contributed by atoms with Crippen molar-refractivity contribution in [1.82, 2.24) is 20.1 Å². The molecular formula is C22H19BrN4O2. The van der Waals surface area contributed by atoms with E-state index in [0.29, 0.717) is 22.7 Å². The van der Waals surface area contributed by atoms with E-state index >= 15 is 0 Å². The summed E-state index contributed by atoms with van der Waals surface area (Å²) in [6.45, 7) is 1.90. The van der Waals surface area contributed by atoms with Crippen LogP contribution in [0.4, 0.5) is 0 Å². The van der Waals surface area contributed by atoms with E-state index in [1.165, 1.54) is 0 Å². The van der Waals surface area contributed by atoms with Crippen LogP contribution in [0.5, 0.6) is 0 Å². The van der Waals surface area contributed by atoms with Crippen LogP contribution in [0.25, 0.3) is 22.5 Å².